The summed E-state index contributed by atoms with van der Waals surface area (Å²) in [4.78, 5) is 2.31. The number of ether oxygens (including phenoxy) is 1. The van der Waals surface area contributed by atoms with E-state index in [1.165, 1.54) is 22.3 Å². The largest absolute Gasteiger partial charge is 0.361 e. The average Bonchev–Trinajstić information content (AvgIpc) is 2.34. The Morgan fingerprint density at radius 3 is 2.61 bits per heavy atom. The second-order valence-electron chi connectivity index (χ2n) is 5.10. The molecule has 1 atom stereocenters. The van der Waals surface area contributed by atoms with E-state index in [-0.39, 0.29) is 6.10 Å². The van der Waals surface area contributed by atoms with Gasteiger partial charge in [-0.05, 0) is 37.5 Å². The third-order valence-corrected chi connectivity index (χ3v) is 3.52. The van der Waals surface area contributed by atoms with Crippen molar-refractivity contribution in [3.63, 3.8) is 0 Å². The normalized spacial score (nSPS) is 20.7. The number of benzene rings is 1. The SMILES string of the molecule is Cc1cc(C)c(CN2CCOC(C#N)C2)c(C)c1. The summed E-state index contributed by atoms with van der Waals surface area (Å²) >= 11 is 0. The highest BCUT2D eigenvalue weighted by molar-refractivity contribution is 5.37. The molecular formula is C15H20N2O. The zero-order valence-corrected chi connectivity index (χ0v) is 11.4. The Balaban J connectivity index is 2.12. The number of hydrogen-bond donors (Lipinski definition) is 0. The fourth-order valence-electron chi connectivity index (χ4n) is 2.61. The molecule has 1 unspecified atom stereocenters. The molecule has 0 N–H and O–H groups in total. The standard InChI is InChI=1S/C15H20N2O/c1-11-6-12(2)15(13(3)7-11)10-17-4-5-18-14(8-16)9-17/h6-7,14H,4-5,9-10H2,1-3H3. The first-order valence-corrected chi connectivity index (χ1v) is 6.40. The minimum atomic E-state index is -0.273. The molecule has 1 saturated heterocycles. The number of nitrogens with zero attached hydrogens (tertiary/aromatic N) is 2. The van der Waals surface area contributed by atoms with Gasteiger partial charge in [0.05, 0.1) is 12.7 Å². The lowest BCUT2D eigenvalue weighted by Gasteiger charge is -2.30. The Morgan fingerprint density at radius 2 is 2.00 bits per heavy atom. The molecule has 3 nitrogen and oxygen atoms in total. The summed E-state index contributed by atoms with van der Waals surface area (Å²) in [6.07, 6.45) is -0.273. The van der Waals surface area contributed by atoms with Crippen molar-refractivity contribution in [3.05, 3.63) is 34.4 Å². The Bertz CT molecular complexity index is 453. The van der Waals surface area contributed by atoms with Crippen LogP contribution < -0.4 is 0 Å². The van der Waals surface area contributed by atoms with Gasteiger partial charge >= 0.3 is 0 Å². The highest BCUT2D eigenvalue weighted by Gasteiger charge is 2.20. The zero-order valence-electron chi connectivity index (χ0n) is 11.4. The molecule has 0 bridgehead atoms. The quantitative estimate of drug-likeness (QED) is 0.801. The molecule has 18 heavy (non-hydrogen) atoms. The van der Waals surface area contributed by atoms with Gasteiger partial charge in [-0.1, -0.05) is 17.7 Å². The minimum absolute atomic E-state index is 0.273. The van der Waals surface area contributed by atoms with E-state index in [0.29, 0.717) is 13.2 Å². The highest BCUT2D eigenvalue weighted by atomic mass is 16.5. The summed E-state index contributed by atoms with van der Waals surface area (Å²) in [5.41, 5.74) is 5.38. The van der Waals surface area contributed by atoms with Gasteiger partial charge in [-0.15, -0.1) is 0 Å². The number of rotatable bonds is 2. The van der Waals surface area contributed by atoms with E-state index >= 15 is 0 Å². The van der Waals surface area contributed by atoms with Gasteiger partial charge in [0.25, 0.3) is 0 Å². The first-order valence-electron chi connectivity index (χ1n) is 6.40. The molecule has 2 rings (SSSR count). The Labute approximate surface area is 109 Å². The monoisotopic (exact) mass is 244 g/mol. The van der Waals surface area contributed by atoms with Crippen LogP contribution in [-0.2, 0) is 11.3 Å². The van der Waals surface area contributed by atoms with Crippen LogP contribution in [0.4, 0.5) is 0 Å². The topological polar surface area (TPSA) is 36.3 Å². The van der Waals surface area contributed by atoms with Crippen molar-refractivity contribution in [2.24, 2.45) is 0 Å². The first kappa shape index (κ1) is 13.1. The smallest absolute Gasteiger partial charge is 0.156 e. The molecule has 1 aromatic rings. The van der Waals surface area contributed by atoms with Gasteiger partial charge in [-0.25, -0.2) is 0 Å². The summed E-state index contributed by atoms with van der Waals surface area (Å²) < 4.78 is 5.37. The highest BCUT2D eigenvalue weighted by Crippen LogP contribution is 2.19. The van der Waals surface area contributed by atoms with Crippen LogP contribution >= 0.6 is 0 Å². The van der Waals surface area contributed by atoms with Crippen molar-refractivity contribution < 1.29 is 4.74 Å². The van der Waals surface area contributed by atoms with Gasteiger partial charge in [0, 0.05) is 19.6 Å². The second-order valence-corrected chi connectivity index (χ2v) is 5.10. The maximum absolute atomic E-state index is 8.92. The van der Waals surface area contributed by atoms with Gasteiger partial charge in [0.15, 0.2) is 6.10 Å². The third-order valence-electron chi connectivity index (χ3n) is 3.52. The van der Waals surface area contributed by atoms with Crippen LogP contribution in [0.1, 0.15) is 22.3 Å². The van der Waals surface area contributed by atoms with Gasteiger partial charge in [-0.2, -0.15) is 5.26 Å². The van der Waals surface area contributed by atoms with E-state index in [4.69, 9.17) is 10.00 Å². The second kappa shape index (κ2) is 5.51. The van der Waals surface area contributed by atoms with Crippen molar-refractivity contribution in [2.45, 2.75) is 33.4 Å². The maximum atomic E-state index is 8.92. The average molecular weight is 244 g/mol. The van der Waals surface area contributed by atoms with Crippen molar-refractivity contribution >= 4 is 0 Å². The van der Waals surface area contributed by atoms with Crippen LogP contribution in [0.15, 0.2) is 12.1 Å². The van der Waals surface area contributed by atoms with Gasteiger partial charge < -0.3 is 4.74 Å². The summed E-state index contributed by atoms with van der Waals surface area (Å²) in [5, 5.41) is 8.92. The lowest BCUT2D eigenvalue weighted by Crippen LogP contribution is -2.41. The van der Waals surface area contributed by atoms with Crippen molar-refractivity contribution in [1.82, 2.24) is 4.90 Å². The zero-order chi connectivity index (χ0) is 13.1. The van der Waals surface area contributed by atoms with E-state index in [1.54, 1.807) is 0 Å². The van der Waals surface area contributed by atoms with E-state index in [9.17, 15) is 0 Å². The number of hydrogen-bond acceptors (Lipinski definition) is 3. The van der Waals surface area contributed by atoms with E-state index < -0.39 is 0 Å². The van der Waals surface area contributed by atoms with Crippen molar-refractivity contribution in [3.8, 4) is 6.07 Å². The van der Waals surface area contributed by atoms with Crippen molar-refractivity contribution in [2.75, 3.05) is 19.7 Å². The van der Waals surface area contributed by atoms with Crippen LogP contribution in [0.25, 0.3) is 0 Å². The summed E-state index contributed by atoms with van der Waals surface area (Å²) in [6.45, 7) is 9.65. The predicted molar refractivity (Wildman–Crippen MR) is 71.3 cm³/mol. The molecule has 0 spiro atoms. The fourth-order valence-corrected chi connectivity index (χ4v) is 2.61. The van der Waals surface area contributed by atoms with E-state index in [0.717, 1.165) is 13.1 Å². The van der Waals surface area contributed by atoms with Crippen LogP contribution in [-0.4, -0.2) is 30.7 Å². The molecule has 0 radical (unpaired) electrons. The van der Waals surface area contributed by atoms with Crippen LogP contribution in [0.3, 0.4) is 0 Å². The summed E-state index contributed by atoms with van der Waals surface area (Å²) in [7, 11) is 0. The molecule has 0 saturated carbocycles. The van der Waals surface area contributed by atoms with E-state index in [2.05, 4.69) is 43.9 Å². The lowest BCUT2D eigenvalue weighted by atomic mass is 9.99. The van der Waals surface area contributed by atoms with E-state index in [1.807, 2.05) is 0 Å². The van der Waals surface area contributed by atoms with Crippen LogP contribution in [0.5, 0.6) is 0 Å². The molecule has 1 aliphatic heterocycles. The molecule has 0 aromatic heterocycles. The maximum Gasteiger partial charge on any atom is 0.156 e. The first-order chi connectivity index (χ1) is 8.60. The number of aryl methyl sites for hydroxylation is 3. The van der Waals surface area contributed by atoms with Gasteiger partial charge in [0.2, 0.25) is 0 Å². The summed E-state index contributed by atoms with van der Waals surface area (Å²) in [5.74, 6) is 0. The molecule has 0 amide bonds. The summed E-state index contributed by atoms with van der Waals surface area (Å²) in [6, 6.07) is 6.65. The molecule has 0 aliphatic carbocycles. The molecule has 1 heterocycles. The molecule has 96 valence electrons. The number of morpholine rings is 1. The molecule has 1 aliphatic rings. The minimum Gasteiger partial charge on any atom is -0.361 e. The number of nitriles is 1. The Hall–Kier alpha value is -1.37. The molecule has 1 fully saturated rings. The van der Waals surface area contributed by atoms with Gasteiger partial charge in [0.1, 0.15) is 0 Å². The third kappa shape index (κ3) is 2.90. The predicted octanol–water partition coefficient (Wildman–Crippen LogP) is 2.34. The lowest BCUT2D eigenvalue weighted by molar-refractivity contribution is -0.00282. The van der Waals surface area contributed by atoms with Crippen molar-refractivity contribution in [1.29, 1.82) is 5.26 Å². The fraction of sp³-hybridized carbons (Fsp3) is 0.533. The Morgan fingerprint density at radius 1 is 1.33 bits per heavy atom. The molecular weight excluding hydrogens is 224 g/mol. The Kier molecular flexibility index (Phi) is 4.00. The molecule has 1 aromatic carbocycles. The molecule has 3 heteroatoms. The van der Waals surface area contributed by atoms with Crippen LogP contribution in [0, 0.1) is 32.1 Å². The van der Waals surface area contributed by atoms with Gasteiger partial charge in [-0.3, -0.25) is 4.90 Å². The van der Waals surface area contributed by atoms with Crippen LogP contribution in [0.2, 0.25) is 0 Å².